The van der Waals surface area contributed by atoms with E-state index in [-0.39, 0.29) is 22.6 Å². The first-order chi connectivity index (χ1) is 19.1. The topological polar surface area (TPSA) is 83.7 Å². The van der Waals surface area contributed by atoms with E-state index in [1.54, 1.807) is 18.3 Å². The van der Waals surface area contributed by atoms with Gasteiger partial charge in [0.2, 0.25) is 0 Å². The number of nitriles is 1. The third kappa shape index (κ3) is 5.86. The standard InChI is InChI=1S/C29H20ClF3N4O2S/c1-37-15-20(22-4-2-3-5-25(22)37)11-19-14-35-28(36-27(19)38)40-16-17-6-9-26(18(10-17)13-34)39-21-7-8-24(30)23(12-21)29(31,32)33/h2-10,12,14-15H,11,16H2,1H3,(H,35,36,38). The fraction of sp³-hybridized carbons (Fsp3) is 0.138. The molecular formula is C29H20ClF3N4O2S. The maximum Gasteiger partial charge on any atom is 0.417 e. The number of thioether (sulfide) groups is 1. The van der Waals surface area contributed by atoms with Crippen molar-refractivity contribution in [3.8, 4) is 17.6 Å². The van der Waals surface area contributed by atoms with Crippen LogP contribution in [0, 0.1) is 11.3 Å². The van der Waals surface area contributed by atoms with E-state index in [9.17, 15) is 23.2 Å². The lowest BCUT2D eigenvalue weighted by Crippen LogP contribution is -2.14. The maximum absolute atomic E-state index is 13.2. The minimum absolute atomic E-state index is 0.0966. The third-order valence-corrected chi connectivity index (χ3v) is 7.51. The van der Waals surface area contributed by atoms with E-state index in [4.69, 9.17) is 16.3 Å². The number of fused-ring (bicyclic) bond motifs is 1. The molecule has 5 rings (SSSR count). The van der Waals surface area contributed by atoms with Gasteiger partial charge in [0.05, 0.1) is 16.1 Å². The van der Waals surface area contributed by atoms with Gasteiger partial charge in [-0.15, -0.1) is 0 Å². The number of benzene rings is 3. The Labute approximate surface area is 236 Å². The Morgan fingerprint density at radius 1 is 1.12 bits per heavy atom. The fourth-order valence-electron chi connectivity index (χ4n) is 4.29. The number of hydrogen-bond acceptors (Lipinski definition) is 5. The lowest BCUT2D eigenvalue weighted by molar-refractivity contribution is -0.137. The van der Waals surface area contributed by atoms with Crippen LogP contribution in [-0.2, 0) is 25.4 Å². The Morgan fingerprint density at radius 3 is 2.67 bits per heavy atom. The second-order valence-electron chi connectivity index (χ2n) is 8.97. The monoisotopic (exact) mass is 580 g/mol. The van der Waals surface area contributed by atoms with Gasteiger partial charge in [-0.1, -0.05) is 47.6 Å². The van der Waals surface area contributed by atoms with Gasteiger partial charge in [0, 0.05) is 48.1 Å². The van der Waals surface area contributed by atoms with Crippen LogP contribution in [0.5, 0.6) is 11.5 Å². The molecule has 0 radical (unpaired) electrons. The summed E-state index contributed by atoms with van der Waals surface area (Å²) < 4.78 is 47.1. The van der Waals surface area contributed by atoms with Crippen LogP contribution in [0.1, 0.15) is 27.8 Å². The molecule has 40 heavy (non-hydrogen) atoms. The average Bonchev–Trinajstić information content (AvgIpc) is 3.25. The molecule has 6 nitrogen and oxygen atoms in total. The highest BCUT2D eigenvalue weighted by Crippen LogP contribution is 2.38. The van der Waals surface area contributed by atoms with E-state index >= 15 is 0 Å². The van der Waals surface area contributed by atoms with Gasteiger partial charge in [-0.05, 0) is 47.5 Å². The van der Waals surface area contributed by atoms with Crippen LogP contribution < -0.4 is 10.3 Å². The molecule has 0 aliphatic heterocycles. The summed E-state index contributed by atoms with van der Waals surface area (Å²) in [5, 5.41) is 10.7. The first-order valence-corrected chi connectivity index (χ1v) is 13.3. The molecule has 0 saturated heterocycles. The van der Waals surface area contributed by atoms with E-state index in [0.717, 1.165) is 34.2 Å². The molecule has 11 heteroatoms. The van der Waals surface area contributed by atoms with Gasteiger partial charge in [-0.2, -0.15) is 23.4 Å². The summed E-state index contributed by atoms with van der Waals surface area (Å²) in [7, 11) is 1.96. The average molecular weight is 581 g/mol. The van der Waals surface area contributed by atoms with Gasteiger partial charge in [0.1, 0.15) is 17.6 Å². The van der Waals surface area contributed by atoms with E-state index in [2.05, 4.69) is 9.97 Å². The number of hydrogen-bond donors (Lipinski definition) is 1. The zero-order valence-corrected chi connectivity index (χ0v) is 22.5. The number of aromatic nitrogens is 3. The molecule has 5 aromatic rings. The zero-order chi connectivity index (χ0) is 28.4. The molecule has 0 saturated carbocycles. The van der Waals surface area contributed by atoms with Crippen molar-refractivity contribution >= 4 is 34.3 Å². The highest BCUT2D eigenvalue weighted by atomic mass is 35.5. The Balaban J connectivity index is 1.27. The Hall–Kier alpha value is -4.20. The van der Waals surface area contributed by atoms with E-state index in [1.165, 1.54) is 23.9 Å². The van der Waals surface area contributed by atoms with Crippen molar-refractivity contribution in [3.05, 3.63) is 116 Å². The number of alkyl halides is 3. The van der Waals surface area contributed by atoms with Crippen LogP contribution >= 0.6 is 23.4 Å². The van der Waals surface area contributed by atoms with Gasteiger partial charge in [0.15, 0.2) is 5.16 Å². The molecule has 0 aliphatic rings. The molecule has 1 N–H and O–H groups in total. The molecule has 0 atom stereocenters. The van der Waals surface area contributed by atoms with Crippen molar-refractivity contribution in [2.45, 2.75) is 23.5 Å². The molecule has 2 heterocycles. The maximum atomic E-state index is 13.2. The van der Waals surface area contributed by atoms with Gasteiger partial charge in [-0.25, -0.2) is 0 Å². The number of aromatic amines is 1. The molecule has 0 amide bonds. The fourth-order valence-corrected chi connectivity index (χ4v) is 5.28. The lowest BCUT2D eigenvalue weighted by atomic mass is 10.1. The third-order valence-electron chi connectivity index (χ3n) is 6.22. The largest absolute Gasteiger partial charge is 0.456 e. The smallest absolute Gasteiger partial charge is 0.417 e. The highest BCUT2D eigenvalue weighted by molar-refractivity contribution is 7.98. The normalized spacial score (nSPS) is 11.5. The van der Waals surface area contributed by atoms with Crippen molar-refractivity contribution < 1.29 is 17.9 Å². The van der Waals surface area contributed by atoms with Crippen LogP contribution in [-0.4, -0.2) is 14.5 Å². The number of nitrogens with one attached hydrogen (secondary N) is 1. The van der Waals surface area contributed by atoms with E-state index in [1.807, 2.05) is 48.1 Å². The first-order valence-electron chi connectivity index (χ1n) is 11.9. The van der Waals surface area contributed by atoms with Crippen LogP contribution in [0.15, 0.2) is 83.0 Å². The molecular weight excluding hydrogens is 561 g/mol. The van der Waals surface area contributed by atoms with Gasteiger partial charge >= 0.3 is 6.18 Å². The van der Waals surface area contributed by atoms with Gasteiger partial charge in [0.25, 0.3) is 5.56 Å². The summed E-state index contributed by atoms with van der Waals surface area (Å²) >= 11 is 6.95. The summed E-state index contributed by atoms with van der Waals surface area (Å²) in [6.07, 6.45) is -0.522. The summed E-state index contributed by atoms with van der Waals surface area (Å²) in [6.45, 7) is 0. The van der Waals surface area contributed by atoms with Crippen LogP contribution in [0.2, 0.25) is 5.02 Å². The number of para-hydroxylation sites is 1. The summed E-state index contributed by atoms with van der Waals surface area (Å²) in [5.41, 5.74) is 2.20. The Bertz CT molecular complexity index is 1830. The quantitative estimate of drug-likeness (QED) is 0.159. The molecule has 0 bridgehead atoms. The van der Waals surface area contributed by atoms with Crippen molar-refractivity contribution in [2.75, 3.05) is 0 Å². The van der Waals surface area contributed by atoms with Crippen molar-refractivity contribution in [1.82, 2.24) is 14.5 Å². The zero-order valence-electron chi connectivity index (χ0n) is 20.9. The van der Waals surface area contributed by atoms with E-state index < -0.39 is 16.8 Å². The number of aryl methyl sites for hydroxylation is 1. The van der Waals surface area contributed by atoms with Crippen molar-refractivity contribution in [1.29, 1.82) is 5.26 Å². The summed E-state index contributed by atoms with van der Waals surface area (Å²) in [6, 6.07) is 18.0. The summed E-state index contributed by atoms with van der Waals surface area (Å²) in [5.74, 6) is 0.399. The molecule has 202 valence electrons. The predicted octanol–water partition coefficient (Wildman–Crippen LogP) is 7.48. The minimum atomic E-state index is -4.64. The van der Waals surface area contributed by atoms with Gasteiger partial charge < -0.3 is 14.3 Å². The molecule has 3 aromatic carbocycles. The highest BCUT2D eigenvalue weighted by Gasteiger charge is 2.33. The first kappa shape index (κ1) is 27.4. The van der Waals surface area contributed by atoms with Crippen LogP contribution in [0.25, 0.3) is 10.9 Å². The number of H-pyrrole nitrogens is 1. The number of nitrogens with zero attached hydrogens (tertiary/aromatic N) is 3. The second-order valence-corrected chi connectivity index (χ2v) is 10.3. The number of ether oxygens (including phenoxy) is 1. The second kappa shape index (κ2) is 11.1. The van der Waals surface area contributed by atoms with Crippen molar-refractivity contribution in [3.63, 3.8) is 0 Å². The summed E-state index contributed by atoms with van der Waals surface area (Å²) in [4.78, 5) is 20.0. The SMILES string of the molecule is Cn1cc(Cc2c[nH]c(SCc3ccc(Oc4ccc(Cl)c(C(F)(F)F)c4)c(C#N)c3)nc2=O)c2ccccc21. The molecule has 0 fully saturated rings. The van der Waals surface area contributed by atoms with Crippen molar-refractivity contribution in [2.24, 2.45) is 7.05 Å². The number of rotatable bonds is 7. The van der Waals surface area contributed by atoms with E-state index in [0.29, 0.717) is 22.9 Å². The lowest BCUT2D eigenvalue weighted by Gasteiger charge is -2.13. The Kier molecular flexibility index (Phi) is 7.61. The van der Waals surface area contributed by atoms with Crippen LogP contribution in [0.3, 0.4) is 0 Å². The minimum Gasteiger partial charge on any atom is -0.456 e. The number of halogens is 4. The molecule has 0 aliphatic carbocycles. The predicted molar refractivity (Wildman–Crippen MR) is 148 cm³/mol. The molecule has 0 unspecified atom stereocenters. The molecule has 0 spiro atoms. The molecule has 2 aromatic heterocycles. The Morgan fingerprint density at radius 2 is 1.93 bits per heavy atom. The van der Waals surface area contributed by atoms with Gasteiger partial charge in [-0.3, -0.25) is 4.79 Å². The van der Waals surface area contributed by atoms with Crippen LogP contribution in [0.4, 0.5) is 13.2 Å².